The van der Waals surface area contributed by atoms with Gasteiger partial charge in [-0.25, -0.2) is 0 Å². The van der Waals surface area contributed by atoms with Gasteiger partial charge in [-0.2, -0.15) is 0 Å². The van der Waals surface area contributed by atoms with Crippen molar-refractivity contribution in [1.82, 2.24) is 9.88 Å². The van der Waals surface area contributed by atoms with Gasteiger partial charge in [0.2, 0.25) is 0 Å². The Morgan fingerprint density at radius 1 is 1.09 bits per heavy atom. The predicted octanol–water partition coefficient (Wildman–Crippen LogP) is 2.84. The number of nitrogens with one attached hydrogen (secondary N) is 1. The van der Waals surface area contributed by atoms with Crippen LogP contribution in [0.4, 0.5) is 0 Å². The van der Waals surface area contributed by atoms with Crippen LogP contribution >= 0.6 is 0 Å². The summed E-state index contributed by atoms with van der Waals surface area (Å²) >= 11 is 0. The number of likely N-dealkylation sites (tertiary alicyclic amines) is 1. The predicted molar refractivity (Wildman–Crippen MR) is 91.5 cm³/mol. The Morgan fingerprint density at radius 3 is 2.39 bits per heavy atom. The molecular weight excluding hydrogens is 292 g/mol. The molecule has 1 aromatic heterocycles. The molecule has 0 atom stereocenters. The van der Waals surface area contributed by atoms with Gasteiger partial charge < -0.3 is 14.5 Å². The molecule has 1 aliphatic heterocycles. The number of benzene rings is 1. The second-order valence-electron chi connectivity index (χ2n) is 6.11. The zero-order chi connectivity index (χ0) is 16.4. The Kier molecular flexibility index (Phi) is 4.57. The van der Waals surface area contributed by atoms with Crippen LogP contribution in [-0.2, 0) is 6.54 Å². The summed E-state index contributed by atoms with van der Waals surface area (Å²) in [7, 11) is 3.20. The number of aryl methyl sites for hydroxylation is 1. The third-order valence-electron chi connectivity index (χ3n) is 4.67. The molecule has 5 heteroatoms. The number of pyridine rings is 1. The van der Waals surface area contributed by atoms with Crippen LogP contribution in [0.3, 0.4) is 0 Å². The molecule has 124 valence electrons. The maximum absolute atomic E-state index is 13.1. The van der Waals surface area contributed by atoms with Gasteiger partial charge in [0.15, 0.2) is 5.43 Å². The van der Waals surface area contributed by atoms with E-state index in [1.165, 1.54) is 19.3 Å². The van der Waals surface area contributed by atoms with Crippen molar-refractivity contribution in [2.75, 3.05) is 27.3 Å². The lowest BCUT2D eigenvalue weighted by molar-refractivity contribution is 0.220. The SMILES string of the molecule is COc1ccc(OC)c2c(=O)c(CN3CCCCC3)c(C)[nH]c12. The Bertz CT molecular complexity index is 761. The van der Waals surface area contributed by atoms with Crippen LogP contribution in [0.15, 0.2) is 16.9 Å². The van der Waals surface area contributed by atoms with E-state index in [1.807, 2.05) is 13.0 Å². The molecule has 1 aliphatic rings. The smallest absolute Gasteiger partial charge is 0.198 e. The largest absolute Gasteiger partial charge is 0.496 e. The lowest BCUT2D eigenvalue weighted by atomic mass is 10.0. The summed E-state index contributed by atoms with van der Waals surface area (Å²) in [4.78, 5) is 18.8. The molecule has 0 bridgehead atoms. The highest BCUT2D eigenvalue weighted by atomic mass is 16.5. The van der Waals surface area contributed by atoms with Crippen molar-refractivity contribution in [3.63, 3.8) is 0 Å². The topological polar surface area (TPSA) is 54.6 Å². The number of rotatable bonds is 4. The van der Waals surface area contributed by atoms with Gasteiger partial charge in [0.25, 0.3) is 0 Å². The fourth-order valence-corrected chi connectivity index (χ4v) is 3.37. The normalized spacial score (nSPS) is 15.8. The number of aromatic amines is 1. The molecule has 23 heavy (non-hydrogen) atoms. The fourth-order valence-electron chi connectivity index (χ4n) is 3.37. The molecule has 0 spiro atoms. The van der Waals surface area contributed by atoms with Gasteiger partial charge in [0.1, 0.15) is 11.5 Å². The molecule has 5 nitrogen and oxygen atoms in total. The summed E-state index contributed by atoms with van der Waals surface area (Å²) in [6.45, 7) is 4.77. The quantitative estimate of drug-likeness (QED) is 0.942. The number of hydrogen-bond donors (Lipinski definition) is 1. The summed E-state index contributed by atoms with van der Waals surface area (Å²) in [5.41, 5.74) is 2.47. The van der Waals surface area contributed by atoms with Crippen molar-refractivity contribution >= 4 is 10.9 Å². The standard InChI is InChI=1S/C18H24N2O3/c1-12-13(11-20-9-5-4-6-10-20)18(21)16-14(22-2)7-8-15(23-3)17(16)19-12/h7-8H,4-6,9-11H2,1-3H3,(H,19,21). The number of fused-ring (bicyclic) bond motifs is 1. The van der Waals surface area contributed by atoms with E-state index in [2.05, 4.69) is 9.88 Å². The molecule has 0 unspecified atom stereocenters. The first-order valence-electron chi connectivity index (χ1n) is 8.14. The van der Waals surface area contributed by atoms with Gasteiger partial charge in [0, 0.05) is 17.8 Å². The van der Waals surface area contributed by atoms with Crippen molar-refractivity contribution < 1.29 is 9.47 Å². The minimum atomic E-state index is 0.0394. The zero-order valence-corrected chi connectivity index (χ0v) is 14.1. The van der Waals surface area contributed by atoms with Crippen molar-refractivity contribution in [1.29, 1.82) is 0 Å². The maximum Gasteiger partial charge on any atom is 0.198 e. The summed E-state index contributed by atoms with van der Waals surface area (Å²) in [5, 5.41) is 0.574. The third kappa shape index (κ3) is 2.93. The highest BCUT2D eigenvalue weighted by Crippen LogP contribution is 2.30. The maximum atomic E-state index is 13.1. The summed E-state index contributed by atoms with van der Waals surface area (Å²) in [6, 6.07) is 3.61. The van der Waals surface area contributed by atoms with Gasteiger partial charge in [-0.05, 0) is 45.0 Å². The average Bonchev–Trinajstić information content (AvgIpc) is 2.58. The molecule has 2 heterocycles. The van der Waals surface area contributed by atoms with E-state index in [-0.39, 0.29) is 5.43 Å². The first-order chi connectivity index (χ1) is 11.2. The molecule has 1 fully saturated rings. The monoisotopic (exact) mass is 316 g/mol. The number of piperidine rings is 1. The summed E-state index contributed by atoms with van der Waals surface area (Å²) in [5.74, 6) is 1.24. The van der Waals surface area contributed by atoms with Crippen LogP contribution < -0.4 is 14.9 Å². The molecular formula is C18H24N2O3. The first kappa shape index (κ1) is 15.9. The molecule has 1 N–H and O–H groups in total. The number of nitrogens with zero attached hydrogens (tertiary/aromatic N) is 1. The van der Waals surface area contributed by atoms with E-state index in [1.54, 1.807) is 20.3 Å². The minimum absolute atomic E-state index is 0.0394. The molecule has 3 rings (SSSR count). The minimum Gasteiger partial charge on any atom is -0.496 e. The van der Waals surface area contributed by atoms with Crippen molar-refractivity contribution in [2.45, 2.75) is 32.7 Å². The lowest BCUT2D eigenvalue weighted by Gasteiger charge is -2.27. The summed E-state index contributed by atoms with van der Waals surface area (Å²) in [6.07, 6.45) is 3.71. The molecule has 0 aliphatic carbocycles. The van der Waals surface area contributed by atoms with E-state index in [4.69, 9.17) is 9.47 Å². The number of H-pyrrole nitrogens is 1. The van der Waals surface area contributed by atoms with Gasteiger partial charge in [-0.1, -0.05) is 6.42 Å². The molecule has 0 radical (unpaired) electrons. The highest BCUT2D eigenvalue weighted by molar-refractivity contribution is 5.90. The second-order valence-corrected chi connectivity index (χ2v) is 6.11. The number of hydrogen-bond acceptors (Lipinski definition) is 4. The second kappa shape index (κ2) is 6.62. The van der Waals surface area contributed by atoms with Gasteiger partial charge >= 0.3 is 0 Å². The van der Waals surface area contributed by atoms with Crippen LogP contribution in [0.2, 0.25) is 0 Å². The van der Waals surface area contributed by atoms with Crippen molar-refractivity contribution in [3.8, 4) is 11.5 Å². The van der Waals surface area contributed by atoms with Gasteiger partial charge in [-0.3, -0.25) is 9.69 Å². The van der Waals surface area contributed by atoms with E-state index >= 15 is 0 Å². The Balaban J connectivity index is 2.13. The van der Waals surface area contributed by atoms with Crippen molar-refractivity contribution in [3.05, 3.63) is 33.6 Å². The molecule has 0 saturated carbocycles. The number of ether oxygens (including phenoxy) is 2. The van der Waals surface area contributed by atoms with E-state index in [9.17, 15) is 4.79 Å². The van der Waals surface area contributed by atoms with Gasteiger partial charge in [0.05, 0.1) is 25.1 Å². The molecule has 1 saturated heterocycles. The highest BCUT2D eigenvalue weighted by Gasteiger charge is 2.19. The van der Waals surface area contributed by atoms with Crippen LogP contribution in [0.25, 0.3) is 10.9 Å². The van der Waals surface area contributed by atoms with Gasteiger partial charge in [-0.15, -0.1) is 0 Å². The van der Waals surface area contributed by atoms with Crippen LogP contribution in [0.1, 0.15) is 30.5 Å². The fraction of sp³-hybridized carbons (Fsp3) is 0.500. The average molecular weight is 316 g/mol. The van der Waals surface area contributed by atoms with Crippen molar-refractivity contribution in [2.24, 2.45) is 0 Å². The van der Waals surface area contributed by atoms with Crippen LogP contribution in [0.5, 0.6) is 11.5 Å². The third-order valence-corrected chi connectivity index (χ3v) is 4.67. The number of aromatic nitrogens is 1. The molecule has 2 aromatic rings. The number of methoxy groups -OCH3 is 2. The zero-order valence-electron chi connectivity index (χ0n) is 14.1. The van der Waals surface area contributed by atoms with Crippen LogP contribution in [0, 0.1) is 6.92 Å². The molecule has 0 amide bonds. The van der Waals surface area contributed by atoms with E-state index in [0.29, 0.717) is 28.9 Å². The Morgan fingerprint density at radius 2 is 1.74 bits per heavy atom. The van der Waals surface area contributed by atoms with Crippen LogP contribution in [-0.4, -0.2) is 37.2 Å². The Hall–Kier alpha value is -2.01. The summed E-state index contributed by atoms with van der Waals surface area (Å²) < 4.78 is 10.8. The lowest BCUT2D eigenvalue weighted by Crippen LogP contribution is -2.32. The Labute approximate surface area is 136 Å². The molecule has 1 aromatic carbocycles. The van der Waals surface area contributed by atoms with E-state index < -0.39 is 0 Å². The first-order valence-corrected chi connectivity index (χ1v) is 8.14. The van der Waals surface area contributed by atoms with E-state index in [0.717, 1.165) is 24.3 Å².